The van der Waals surface area contributed by atoms with Gasteiger partial charge in [-0.2, -0.15) is 17.0 Å². The largest absolute Gasteiger partial charge is 0.227 e. The van der Waals surface area contributed by atoms with Crippen LogP contribution in [-0.2, 0) is 0 Å². The molecule has 0 amide bonds. The van der Waals surface area contributed by atoms with E-state index in [1.807, 2.05) is 72.4 Å². The zero-order valence-corrected chi connectivity index (χ0v) is 16.9. The van der Waals surface area contributed by atoms with E-state index in [1.54, 1.807) is 11.8 Å². The second-order valence-electron chi connectivity index (χ2n) is 5.94. The molecule has 1 heterocycles. The van der Waals surface area contributed by atoms with Crippen molar-refractivity contribution in [2.45, 2.75) is 24.8 Å². The highest BCUT2D eigenvalue weighted by Gasteiger charge is 2.17. The monoisotopic (exact) mass is 391 g/mol. The van der Waals surface area contributed by atoms with E-state index >= 15 is 0 Å². The van der Waals surface area contributed by atoms with Crippen LogP contribution in [0.5, 0.6) is 0 Å². The summed E-state index contributed by atoms with van der Waals surface area (Å²) in [4.78, 5) is 9.48. The van der Waals surface area contributed by atoms with Crippen LogP contribution >= 0.6 is 23.5 Å². The van der Waals surface area contributed by atoms with Crippen molar-refractivity contribution in [2.75, 3.05) is 10.8 Å². The van der Waals surface area contributed by atoms with Crippen LogP contribution in [0.2, 0.25) is 0 Å². The molecule has 3 rings (SSSR count). The minimum Gasteiger partial charge on any atom is -0.227 e. The smallest absolute Gasteiger partial charge is 0.161 e. The maximum atomic E-state index is 9.81. The quantitative estimate of drug-likeness (QED) is 0.196. The molecule has 27 heavy (non-hydrogen) atoms. The van der Waals surface area contributed by atoms with Crippen molar-refractivity contribution in [3.63, 3.8) is 0 Å². The third kappa shape index (κ3) is 5.12. The van der Waals surface area contributed by atoms with Crippen LogP contribution in [0.25, 0.3) is 22.6 Å². The van der Waals surface area contributed by atoms with E-state index in [4.69, 9.17) is 9.97 Å². The lowest BCUT2D eigenvalue weighted by Crippen LogP contribution is -2.00. The van der Waals surface area contributed by atoms with Crippen molar-refractivity contribution >= 4 is 23.5 Å². The van der Waals surface area contributed by atoms with Crippen LogP contribution in [0.3, 0.4) is 0 Å². The van der Waals surface area contributed by atoms with Crippen molar-refractivity contribution < 1.29 is 0 Å². The number of nitrogens with zero attached hydrogens (tertiary/aromatic N) is 3. The van der Waals surface area contributed by atoms with Gasteiger partial charge in [0.05, 0.1) is 5.69 Å². The van der Waals surface area contributed by atoms with Gasteiger partial charge in [-0.05, 0) is 12.2 Å². The molecule has 0 N–H and O–H groups in total. The van der Waals surface area contributed by atoms with E-state index in [2.05, 4.69) is 13.0 Å². The van der Waals surface area contributed by atoms with Crippen molar-refractivity contribution in [2.24, 2.45) is 0 Å². The first-order valence-corrected chi connectivity index (χ1v) is 11.1. The summed E-state index contributed by atoms with van der Waals surface area (Å²) in [7, 11) is 0. The van der Waals surface area contributed by atoms with Gasteiger partial charge < -0.3 is 0 Å². The van der Waals surface area contributed by atoms with Gasteiger partial charge in [0, 0.05) is 16.2 Å². The first-order valence-electron chi connectivity index (χ1n) is 8.97. The summed E-state index contributed by atoms with van der Waals surface area (Å²) in [5.41, 5.74) is 3.16. The van der Waals surface area contributed by atoms with Gasteiger partial charge in [0.25, 0.3) is 0 Å². The molecule has 0 aliphatic heterocycles. The van der Waals surface area contributed by atoms with E-state index in [-0.39, 0.29) is 0 Å². The molecule has 3 nitrogen and oxygen atoms in total. The maximum Gasteiger partial charge on any atom is 0.161 e. The molecule has 0 spiro atoms. The van der Waals surface area contributed by atoms with E-state index in [9.17, 15) is 5.26 Å². The fraction of sp³-hybridized carbons (Fsp3) is 0.227. The molecule has 2 aromatic carbocycles. The fourth-order valence-electron chi connectivity index (χ4n) is 2.57. The van der Waals surface area contributed by atoms with Crippen LogP contribution in [0, 0.1) is 11.3 Å². The molecule has 0 saturated heterocycles. The molecule has 3 aromatic rings. The highest BCUT2D eigenvalue weighted by molar-refractivity contribution is 8.15. The van der Waals surface area contributed by atoms with Gasteiger partial charge in [0.1, 0.15) is 16.7 Å². The Hall–Kier alpha value is -2.29. The molecular formula is C22H21N3S2. The molecule has 136 valence electrons. The highest BCUT2D eigenvalue weighted by Crippen LogP contribution is 2.32. The van der Waals surface area contributed by atoms with Gasteiger partial charge in [-0.1, -0.05) is 85.8 Å². The van der Waals surface area contributed by atoms with Crippen LogP contribution in [-0.4, -0.2) is 20.8 Å². The molecule has 0 fully saturated rings. The van der Waals surface area contributed by atoms with Crippen LogP contribution in [0.15, 0.2) is 65.7 Å². The Morgan fingerprint density at radius 1 is 0.926 bits per heavy atom. The molecule has 0 unspecified atom stereocenters. The summed E-state index contributed by atoms with van der Waals surface area (Å²) >= 11 is 3.52. The molecule has 0 atom stereocenters. The molecule has 0 aliphatic carbocycles. The first kappa shape index (κ1) is 19.5. The van der Waals surface area contributed by atoms with Gasteiger partial charge in [0.15, 0.2) is 5.82 Å². The fourth-order valence-corrected chi connectivity index (χ4v) is 4.75. The van der Waals surface area contributed by atoms with Crippen molar-refractivity contribution in [3.05, 3.63) is 66.2 Å². The lowest BCUT2D eigenvalue weighted by atomic mass is 10.1. The Morgan fingerprint density at radius 3 is 2.22 bits per heavy atom. The summed E-state index contributed by atoms with van der Waals surface area (Å²) in [6, 6.07) is 22.2. The van der Waals surface area contributed by atoms with Gasteiger partial charge in [-0.3, -0.25) is 0 Å². The summed E-state index contributed by atoms with van der Waals surface area (Å²) in [5, 5.41) is 11.5. The average Bonchev–Trinajstić information content (AvgIpc) is 2.74. The molecule has 0 saturated carbocycles. The highest BCUT2D eigenvalue weighted by atomic mass is 32.2. The number of hydrogen-bond acceptors (Lipinski definition) is 5. The molecule has 0 aliphatic rings. The standard InChI is InChI=1S/C22H21N3S2/c1-2-3-14-26-16-27-22-19(15-23)20(17-10-6-4-7-11-17)24-21(25-22)18-12-8-5-9-13-18/h4-13H,2-3,14,16H2,1H3. The normalized spacial score (nSPS) is 10.5. The average molecular weight is 392 g/mol. The number of nitriles is 1. The Balaban J connectivity index is 2.01. The molecule has 0 bridgehead atoms. The Kier molecular flexibility index (Phi) is 7.32. The summed E-state index contributed by atoms with van der Waals surface area (Å²) in [5.74, 6) is 1.79. The zero-order chi connectivity index (χ0) is 18.9. The second kappa shape index (κ2) is 10.1. The number of rotatable bonds is 8. The summed E-state index contributed by atoms with van der Waals surface area (Å²) in [6.07, 6.45) is 2.41. The van der Waals surface area contributed by atoms with Gasteiger partial charge >= 0.3 is 0 Å². The number of unbranched alkanes of at least 4 members (excludes halogenated alkanes) is 1. The van der Waals surface area contributed by atoms with Crippen molar-refractivity contribution in [3.8, 4) is 28.7 Å². The number of benzene rings is 2. The van der Waals surface area contributed by atoms with E-state index in [0.717, 1.165) is 27.0 Å². The minimum atomic E-state index is 0.557. The number of aromatic nitrogens is 2. The van der Waals surface area contributed by atoms with Crippen molar-refractivity contribution in [1.82, 2.24) is 9.97 Å². The predicted octanol–water partition coefficient (Wildman–Crippen LogP) is 6.27. The topological polar surface area (TPSA) is 49.6 Å². The van der Waals surface area contributed by atoms with Crippen LogP contribution < -0.4 is 0 Å². The Bertz CT molecular complexity index is 906. The third-order valence-corrected chi connectivity index (χ3v) is 6.27. The maximum absolute atomic E-state index is 9.81. The zero-order valence-electron chi connectivity index (χ0n) is 15.3. The predicted molar refractivity (Wildman–Crippen MR) is 116 cm³/mol. The SMILES string of the molecule is CCCCSCSc1nc(-c2ccccc2)nc(-c2ccccc2)c1C#N. The van der Waals surface area contributed by atoms with Crippen molar-refractivity contribution in [1.29, 1.82) is 5.26 Å². The lowest BCUT2D eigenvalue weighted by molar-refractivity contribution is 0.897. The molecule has 0 radical (unpaired) electrons. The van der Waals surface area contributed by atoms with E-state index in [0.29, 0.717) is 17.1 Å². The van der Waals surface area contributed by atoms with Gasteiger partial charge in [-0.25, -0.2) is 9.97 Å². The number of hydrogen-bond donors (Lipinski definition) is 0. The van der Waals surface area contributed by atoms with E-state index in [1.165, 1.54) is 12.8 Å². The van der Waals surface area contributed by atoms with Gasteiger partial charge in [0.2, 0.25) is 0 Å². The van der Waals surface area contributed by atoms with Crippen LogP contribution in [0.4, 0.5) is 0 Å². The second-order valence-corrected chi connectivity index (χ2v) is 8.38. The van der Waals surface area contributed by atoms with E-state index < -0.39 is 0 Å². The number of thioether (sulfide) groups is 2. The lowest BCUT2D eigenvalue weighted by Gasteiger charge is -2.11. The molecule has 1 aromatic heterocycles. The molecular weight excluding hydrogens is 370 g/mol. The Labute approximate surface area is 169 Å². The first-order chi connectivity index (χ1) is 13.3. The van der Waals surface area contributed by atoms with Crippen LogP contribution in [0.1, 0.15) is 25.3 Å². The van der Waals surface area contributed by atoms with Gasteiger partial charge in [-0.15, -0.1) is 0 Å². The Morgan fingerprint density at radius 2 is 1.59 bits per heavy atom. The summed E-state index contributed by atoms with van der Waals surface area (Å²) in [6.45, 7) is 2.20. The summed E-state index contributed by atoms with van der Waals surface area (Å²) < 4.78 is 0. The minimum absolute atomic E-state index is 0.557. The molecule has 5 heteroatoms. The third-order valence-electron chi connectivity index (χ3n) is 3.99.